The summed E-state index contributed by atoms with van der Waals surface area (Å²) in [4.78, 5) is 0. The standard InChI is InChI=1S/C21H45N/c1-4-7-9-10-11-12-13-14-15-16-17-18-20-21(22-6-3)19-8-5-2/h21-22H,4-20H2,1-3H3. The molecule has 1 heteroatoms. The molecule has 0 radical (unpaired) electrons. The third-order valence-electron chi connectivity index (χ3n) is 4.81. The summed E-state index contributed by atoms with van der Waals surface area (Å²) in [7, 11) is 0. The minimum absolute atomic E-state index is 0.785. The minimum Gasteiger partial charge on any atom is -0.314 e. The molecule has 0 aliphatic heterocycles. The van der Waals surface area contributed by atoms with Gasteiger partial charge in [0.05, 0.1) is 0 Å². The van der Waals surface area contributed by atoms with Crippen molar-refractivity contribution in [2.45, 2.75) is 130 Å². The fourth-order valence-corrected chi connectivity index (χ4v) is 3.32. The van der Waals surface area contributed by atoms with Crippen LogP contribution in [0, 0.1) is 0 Å². The van der Waals surface area contributed by atoms with Crippen molar-refractivity contribution in [2.24, 2.45) is 0 Å². The predicted octanol–water partition coefficient (Wildman–Crippen LogP) is 7.25. The molecule has 0 aromatic rings. The largest absolute Gasteiger partial charge is 0.314 e. The third kappa shape index (κ3) is 16.3. The molecule has 0 aliphatic rings. The van der Waals surface area contributed by atoms with Crippen LogP contribution in [-0.4, -0.2) is 12.6 Å². The van der Waals surface area contributed by atoms with Crippen molar-refractivity contribution in [3.8, 4) is 0 Å². The number of rotatable bonds is 18. The van der Waals surface area contributed by atoms with E-state index in [1.54, 1.807) is 0 Å². The Balaban J connectivity index is 3.23. The van der Waals surface area contributed by atoms with Crippen molar-refractivity contribution in [2.75, 3.05) is 6.54 Å². The van der Waals surface area contributed by atoms with Gasteiger partial charge >= 0.3 is 0 Å². The van der Waals surface area contributed by atoms with E-state index in [0.717, 1.165) is 12.6 Å². The van der Waals surface area contributed by atoms with Crippen LogP contribution < -0.4 is 5.32 Å². The molecule has 0 bridgehead atoms. The Bertz CT molecular complexity index is 190. The summed E-state index contributed by atoms with van der Waals surface area (Å²) in [5, 5.41) is 3.66. The molecule has 134 valence electrons. The van der Waals surface area contributed by atoms with Gasteiger partial charge in [0.2, 0.25) is 0 Å². The van der Waals surface area contributed by atoms with E-state index in [-0.39, 0.29) is 0 Å². The first-order chi connectivity index (χ1) is 10.8. The van der Waals surface area contributed by atoms with Crippen LogP contribution in [-0.2, 0) is 0 Å². The topological polar surface area (TPSA) is 12.0 Å². The van der Waals surface area contributed by atoms with Crippen molar-refractivity contribution >= 4 is 0 Å². The second-order valence-corrected chi connectivity index (χ2v) is 7.07. The van der Waals surface area contributed by atoms with E-state index < -0.39 is 0 Å². The van der Waals surface area contributed by atoms with E-state index in [4.69, 9.17) is 0 Å². The summed E-state index contributed by atoms with van der Waals surface area (Å²) in [6.45, 7) is 7.96. The average Bonchev–Trinajstić information content (AvgIpc) is 2.53. The lowest BCUT2D eigenvalue weighted by Crippen LogP contribution is -2.28. The van der Waals surface area contributed by atoms with Gasteiger partial charge in [0.15, 0.2) is 0 Å². The molecule has 1 atom stereocenters. The van der Waals surface area contributed by atoms with Gasteiger partial charge in [-0.1, -0.05) is 111 Å². The number of hydrogen-bond donors (Lipinski definition) is 1. The van der Waals surface area contributed by atoms with Gasteiger partial charge in [0.1, 0.15) is 0 Å². The monoisotopic (exact) mass is 311 g/mol. The van der Waals surface area contributed by atoms with Crippen LogP contribution in [0.25, 0.3) is 0 Å². The Labute approximate surface area is 142 Å². The molecule has 0 rings (SSSR count). The van der Waals surface area contributed by atoms with E-state index in [9.17, 15) is 0 Å². The summed E-state index contributed by atoms with van der Waals surface area (Å²) >= 11 is 0. The molecule has 1 unspecified atom stereocenters. The molecule has 0 amide bonds. The first-order valence-electron chi connectivity index (χ1n) is 10.6. The van der Waals surface area contributed by atoms with Crippen molar-refractivity contribution in [3.63, 3.8) is 0 Å². The SMILES string of the molecule is CCCCCCCCCCCCCCC(CCCC)NCC. The molecular formula is C21H45N. The van der Waals surface area contributed by atoms with Gasteiger partial charge < -0.3 is 5.32 Å². The molecular weight excluding hydrogens is 266 g/mol. The van der Waals surface area contributed by atoms with Gasteiger partial charge in [-0.05, 0) is 19.4 Å². The first kappa shape index (κ1) is 22.0. The quantitative estimate of drug-likeness (QED) is 0.263. The molecule has 0 aromatic carbocycles. The summed E-state index contributed by atoms with van der Waals surface area (Å²) in [5.41, 5.74) is 0. The van der Waals surface area contributed by atoms with Gasteiger partial charge in [-0.15, -0.1) is 0 Å². The van der Waals surface area contributed by atoms with Crippen LogP contribution in [0.2, 0.25) is 0 Å². The van der Waals surface area contributed by atoms with Gasteiger partial charge in [-0.2, -0.15) is 0 Å². The fourth-order valence-electron chi connectivity index (χ4n) is 3.32. The van der Waals surface area contributed by atoms with Gasteiger partial charge in [0.25, 0.3) is 0 Å². The third-order valence-corrected chi connectivity index (χ3v) is 4.81. The lowest BCUT2D eigenvalue weighted by atomic mass is 10.0. The summed E-state index contributed by atoms with van der Waals surface area (Å²) in [6.07, 6.45) is 22.9. The smallest absolute Gasteiger partial charge is 0.00669 e. The molecule has 0 fully saturated rings. The van der Waals surface area contributed by atoms with Crippen LogP contribution in [0.3, 0.4) is 0 Å². The van der Waals surface area contributed by atoms with Crippen LogP contribution in [0.15, 0.2) is 0 Å². The van der Waals surface area contributed by atoms with Crippen LogP contribution >= 0.6 is 0 Å². The summed E-state index contributed by atoms with van der Waals surface area (Å²) < 4.78 is 0. The fraction of sp³-hybridized carbons (Fsp3) is 1.00. The summed E-state index contributed by atoms with van der Waals surface area (Å²) in [6, 6.07) is 0.785. The van der Waals surface area contributed by atoms with Gasteiger partial charge in [-0.3, -0.25) is 0 Å². The van der Waals surface area contributed by atoms with Gasteiger partial charge in [0, 0.05) is 6.04 Å². The van der Waals surface area contributed by atoms with E-state index >= 15 is 0 Å². The number of unbranched alkanes of at least 4 members (excludes halogenated alkanes) is 12. The van der Waals surface area contributed by atoms with E-state index in [0.29, 0.717) is 0 Å². The molecule has 1 nitrogen and oxygen atoms in total. The number of hydrogen-bond acceptors (Lipinski definition) is 1. The van der Waals surface area contributed by atoms with Crippen LogP contribution in [0.1, 0.15) is 124 Å². The van der Waals surface area contributed by atoms with E-state index in [1.807, 2.05) is 0 Å². The maximum atomic E-state index is 3.66. The van der Waals surface area contributed by atoms with Gasteiger partial charge in [-0.25, -0.2) is 0 Å². The van der Waals surface area contributed by atoms with Crippen molar-refractivity contribution < 1.29 is 0 Å². The second kappa shape index (κ2) is 19.0. The average molecular weight is 312 g/mol. The normalized spacial score (nSPS) is 12.7. The first-order valence-corrected chi connectivity index (χ1v) is 10.6. The molecule has 0 saturated heterocycles. The maximum absolute atomic E-state index is 3.66. The number of nitrogens with one attached hydrogen (secondary N) is 1. The highest BCUT2D eigenvalue weighted by molar-refractivity contribution is 4.66. The van der Waals surface area contributed by atoms with Crippen molar-refractivity contribution in [1.29, 1.82) is 0 Å². The van der Waals surface area contributed by atoms with Crippen LogP contribution in [0.5, 0.6) is 0 Å². The van der Waals surface area contributed by atoms with E-state index in [2.05, 4.69) is 26.1 Å². The molecule has 22 heavy (non-hydrogen) atoms. The highest BCUT2D eigenvalue weighted by Crippen LogP contribution is 2.14. The Hall–Kier alpha value is -0.0400. The zero-order chi connectivity index (χ0) is 16.3. The maximum Gasteiger partial charge on any atom is 0.00669 e. The zero-order valence-corrected chi connectivity index (χ0v) is 16.1. The lowest BCUT2D eigenvalue weighted by Gasteiger charge is -2.17. The lowest BCUT2D eigenvalue weighted by molar-refractivity contribution is 0.426. The van der Waals surface area contributed by atoms with Crippen molar-refractivity contribution in [1.82, 2.24) is 5.32 Å². The van der Waals surface area contributed by atoms with Crippen molar-refractivity contribution in [3.05, 3.63) is 0 Å². The minimum atomic E-state index is 0.785. The van der Waals surface area contributed by atoms with E-state index in [1.165, 1.54) is 103 Å². The molecule has 0 aromatic heterocycles. The Morgan fingerprint density at radius 1 is 0.500 bits per heavy atom. The second-order valence-electron chi connectivity index (χ2n) is 7.07. The highest BCUT2D eigenvalue weighted by Gasteiger charge is 2.05. The Kier molecular flexibility index (Phi) is 19.0. The molecule has 0 spiro atoms. The molecule has 0 aliphatic carbocycles. The molecule has 0 saturated carbocycles. The zero-order valence-electron chi connectivity index (χ0n) is 16.1. The molecule has 1 N–H and O–H groups in total. The Morgan fingerprint density at radius 2 is 0.909 bits per heavy atom. The van der Waals surface area contributed by atoms with Crippen LogP contribution in [0.4, 0.5) is 0 Å². The predicted molar refractivity (Wildman–Crippen MR) is 103 cm³/mol. The highest BCUT2D eigenvalue weighted by atomic mass is 14.9. The molecule has 0 heterocycles. The summed E-state index contributed by atoms with van der Waals surface area (Å²) in [5.74, 6) is 0. The Morgan fingerprint density at radius 3 is 1.36 bits per heavy atom.